The molecule has 0 aliphatic heterocycles. The third-order valence-electron chi connectivity index (χ3n) is 2.06. The number of anilines is 1. The summed E-state index contributed by atoms with van der Waals surface area (Å²) in [6, 6.07) is 7.68. The predicted octanol–water partition coefficient (Wildman–Crippen LogP) is 3.72. The molecule has 0 spiro atoms. The van der Waals surface area contributed by atoms with Crippen LogP contribution in [0.25, 0.3) is 0 Å². The summed E-state index contributed by atoms with van der Waals surface area (Å²) in [7, 11) is 0. The third-order valence-corrected chi connectivity index (χ3v) is 2.58. The lowest BCUT2D eigenvalue weighted by atomic mass is 10.3. The summed E-state index contributed by atoms with van der Waals surface area (Å²) in [5.41, 5.74) is 0.922. The Hall–Kier alpha value is -1.29. The molecular weight excluding hydrogens is 282 g/mol. The number of benzene rings is 1. The molecule has 0 aliphatic rings. The number of unbranched alkanes of at least 4 members (excludes halogenated alkanes) is 1. The van der Waals surface area contributed by atoms with Crippen LogP contribution in [-0.4, -0.2) is 12.6 Å². The molecule has 0 amide bonds. The zero-order valence-corrected chi connectivity index (χ0v) is 11.4. The van der Waals surface area contributed by atoms with Crippen LogP contribution in [0, 0.1) is 0 Å². The van der Waals surface area contributed by atoms with Crippen molar-refractivity contribution < 1.29 is 9.53 Å². The Morgan fingerprint density at radius 2 is 2.12 bits per heavy atom. The molecule has 0 aliphatic carbocycles. The van der Waals surface area contributed by atoms with Gasteiger partial charge < -0.3 is 10.1 Å². The van der Waals surface area contributed by atoms with Crippen molar-refractivity contribution in [1.29, 1.82) is 0 Å². The summed E-state index contributed by atoms with van der Waals surface area (Å²) >= 11 is 3.35. The minimum absolute atomic E-state index is 0.317. The van der Waals surface area contributed by atoms with E-state index in [0.717, 1.165) is 23.0 Å². The maximum atomic E-state index is 11.2. The number of hydrogen-bond acceptors (Lipinski definition) is 3. The lowest BCUT2D eigenvalue weighted by molar-refractivity contribution is -0.137. The highest BCUT2D eigenvalue weighted by molar-refractivity contribution is 9.10. The minimum Gasteiger partial charge on any atom is -0.462 e. The second kappa shape index (κ2) is 7.90. The minimum atomic E-state index is -0.317. The second-order valence-electron chi connectivity index (χ2n) is 3.51. The predicted molar refractivity (Wildman–Crippen MR) is 72.8 cm³/mol. The van der Waals surface area contributed by atoms with Gasteiger partial charge in [0, 0.05) is 22.4 Å². The van der Waals surface area contributed by atoms with Crippen molar-refractivity contribution in [3.63, 3.8) is 0 Å². The van der Waals surface area contributed by atoms with E-state index in [4.69, 9.17) is 4.74 Å². The van der Waals surface area contributed by atoms with Gasteiger partial charge >= 0.3 is 5.97 Å². The molecule has 0 heterocycles. The van der Waals surface area contributed by atoms with Crippen LogP contribution >= 0.6 is 15.9 Å². The summed E-state index contributed by atoms with van der Waals surface area (Å²) in [6.07, 6.45) is 4.89. The van der Waals surface area contributed by atoms with Crippen LogP contribution in [0.1, 0.15) is 19.8 Å². The largest absolute Gasteiger partial charge is 0.462 e. The molecule has 1 aromatic carbocycles. The molecule has 0 saturated carbocycles. The Morgan fingerprint density at radius 1 is 1.41 bits per heavy atom. The summed E-state index contributed by atoms with van der Waals surface area (Å²) < 4.78 is 5.99. The van der Waals surface area contributed by atoms with Gasteiger partial charge in [-0.2, -0.15) is 0 Å². The zero-order valence-electron chi connectivity index (χ0n) is 9.78. The number of rotatable bonds is 6. The van der Waals surface area contributed by atoms with E-state index in [-0.39, 0.29) is 5.97 Å². The average molecular weight is 298 g/mol. The Morgan fingerprint density at radius 3 is 2.76 bits per heavy atom. The quantitative estimate of drug-likeness (QED) is 0.494. The standard InChI is InChI=1S/C13H16BrNO2/c1-2-3-10-17-13(16)8-9-15-12-6-4-11(14)5-7-12/h4-9,15H,2-3,10H2,1H3. The number of nitrogens with one attached hydrogen (secondary N) is 1. The number of ether oxygens (including phenoxy) is 1. The van der Waals surface area contributed by atoms with Crippen LogP contribution in [0.15, 0.2) is 41.0 Å². The van der Waals surface area contributed by atoms with Crippen molar-refractivity contribution in [3.05, 3.63) is 41.0 Å². The van der Waals surface area contributed by atoms with Gasteiger partial charge in [0.15, 0.2) is 0 Å². The first kappa shape index (κ1) is 13.8. The Bertz CT molecular complexity index is 374. The maximum Gasteiger partial charge on any atom is 0.332 e. The van der Waals surface area contributed by atoms with Crippen LogP contribution in [0.4, 0.5) is 5.69 Å². The molecule has 17 heavy (non-hydrogen) atoms. The third kappa shape index (κ3) is 6.12. The second-order valence-corrected chi connectivity index (χ2v) is 4.42. The molecule has 0 saturated heterocycles. The molecule has 0 radical (unpaired) electrons. The van der Waals surface area contributed by atoms with Crippen molar-refractivity contribution in [2.75, 3.05) is 11.9 Å². The molecule has 1 N–H and O–H groups in total. The molecule has 0 unspecified atom stereocenters. The smallest absolute Gasteiger partial charge is 0.332 e. The van der Waals surface area contributed by atoms with Gasteiger partial charge in [-0.3, -0.25) is 0 Å². The highest BCUT2D eigenvalue weighted by Crippen LogP contribution is 2.13. The van der Waals surface area contributed by atoms with Crippen molar-refractivity contribution in [2.24, 2.45) is 0 Å². The van der Waals surface area contributed by atoms with Gasteiger partial charge in [-0.15, -0.1) is 0 Å². The zero-order chi connectivity index (χ0) is 12.5. The van der Waals surface area contributed by atoms with Crippen LogP contribution in [0.3, 0.4) is 0 Å². The van der Waals surface area contributed by atoms with Crippen molar-refractivity contribution in [1.82, 2.24) is 0 Å². The first-order valence-electron chi connectivity index (χ1n) is 5.58. The summed E-state index contributed by atoms with van der Waals surface area (Å²) in [4.78, 5) is 11.2. The number of carbonyl (C=O) groups is 1. The molecule has 0 atom stereocenters. The summed E-state index contributed by atoms with van der Waals surface area (Å²) in [5.74, 6) is -0.317. The monoisotopic (exact) mass is 297 g/mol. The fourth-order valence-electron chi connectivity index (χ4n) is 1.12. The van der Waals surface area contributed by atoms with E-state index in [9.17, 15) is 4.79 Å². The van der Waals surface area contributed by atoms with E-state index >= 15 is 0 Å². The molecule has 0 aromatic heterocycles. The van der Waals surface area contributed by atoms with Gasteiger partial charge in [0.05, 0.1) is 6.61 Å². The Balaban J connectivity index is 2.29. The topological polar surface area (TPSA) is 38.3 Å². The number of esters is 1. The van der Waals surface area contributed by atoms with Crippen molar-refractivity contribution in [2.45, 2.75) is 19.8 Å². The maximum absolute atomic E-state index is 11.2. The van der Waals surface area contributed by atoms with Gasteiger partial charge in [0.25, 0.3) is 0 Å². The van der Waals surface area contributed by atoms with Gasteiger partial charge in [-0.1, -0.05) is 29.3 Å². The van der Waals surface area contributed by atoms with Crippen molar-refractivity contribution in [3.8, 4) is 0 Å². The molecule has 92 valence electrons. The van der Waals surface area contributed by atoms with E-state index in [0.29, 0.717) is 6.61 Å². The lowest BCUT2D eigenvalue weighted by Gasteiger charge is -2.01. The SMILES string of the molecule is CCCCOC(=O)C=CNc1ccc(Br)cc1. The first-order valence-corrected chi connectivity index (χ1v) is 6.37. The lowest BCUT2D eigenvalue weighted by Crippen LogP contribution is -2.02. The normalized spacial score (nSPS) is 10.5. The van der Waals surface area contributed by atoms with Gasteiger partial charge in [-0.25, -0.2) is 4.79 Å². The van der Waals surface area contributed by atoms with E-state index in [1.807, 2.05) is 24.3 Å². The van der Waals surface area contributed by atoms with E-state index in [2.05, 4.69) is 28.2 Å². The molecule has 1 rings (SSSR count). The first-order chi connectivity index (χ1) is 8.22. The van der Waals surface area contributed by atoms with Crippen LogP contribution in [0.5, 0.6) is 0 Å². The van der Waals surface area contributed by atoms with Gasteiger partial charge in [0.1, 0.15) is 0 Å². The molecule has 4 heteroatoms. The van der Waals surface area contributed by atoms with Crippen LogP contribution in [0.2, 0.25) is 0 Å². The molecule has 3 nitrogen and oxygen atoms in total. The van der Waals surface area contributed by atoms with Gasteiger partial charge in [-0.05, 0) is 30.7 Å². The van der Waals surface area contributed by atoms with Crippen molar-refractivity contribution >= 4 is 27.6 Å². The Labute approximate surface area is 110 Å². The fraction of sp³-hybridized carbons (Fsp3) is 0.308. The molecular formula is C13H16BrNO2. The molecule has 0 bridgehead atoms. The highest BCUT2D eigenvalue weighted by Gasteiger charge is 1.95. The summed E-state index contributed by atoms with van der Waals surface area (Å²) in [6.45, 7) is 2.54. The van der Waals surface area contributed by atoms with Crippen LogP contribution < -0.4 is 5.32 Å². The Kier molecular flexibility index (Phi) is 6.40. The molecule has 1 aromatic rings. The van der Waals surface area contributed by atoms with Crippen LogP contribution in [-0.2, 0) is 9.53 Å². The molecule has 0 fully saturated rings. The van der Waals surface area contributed by atoms with E-state index < -0.39 is 0 Å². The average Bonchev–Trinajstić information content (AvgIpc) is 2.32. The summed E-state index contributed by atoms with van der Waals surface area (Å²) in [5, 5.41) is 2.99. The number of halogens is 1. The van der Waals surface area contributed by atoms with E-state index in [1.54, 1.807) is 6.20 Å². The highest BCUT2D eigenvalue weighted by atomic mass is 79.9. The fourth-order valence-corrected chi connectivity index (χ4v) is 1.38. The number of carbonyl (C=O) groups excluding carboxylic acids is 1. The van der Waals surface area contributed by atoms with Gasteiger partial charge in [0.2, 0.25) is 0 Å². The van der Waals surface area contributed by atoms with E-state index in [1.165, 1.54) is 6.08 Å². The number of hydrogen-bond donors (Lipinski definition) is 1.